The molecule has 0 aliphatic heterocycles. The fourth-order valence-electron chi connectivity index (χ4n) is 2.26. The Bertz CT molecular complexity index is 424. The third kappa shape index (κ3) is 2.69. The average molecular weight is 253 g/mol. The molecular weight excluding hydrogens is 234 g/mol. The van der Waals surface area contributed by atoms with Crippen LogP contribution in [0.2, 0.25) is 0 Å². The van der Waals surface area contributed by atoms with Gasteiger partial charge in [-0.15, -0.1) is 5.10 Å². The topological polar surface area (TPSA) is 88.2 Å². The molecular formula is C12H19N3O3. The van der Waals surface area contributed by atoms with Gasteiger partial charge in [0.2, 0.25) is 0 Å². The van der Waals surface area contributed by atoms with Crippen molar-refractivity contribution in [2.75, 3.05) is 0 Å². The summed E-state index contributed by atoms with van der Waals surface area (Å²) in [7, 11) is 0. The van der Waals surface area contributed by atoms with E-state index in [0.29, 0.717) is 13.0 Å². The number of aliphatic hydroxyl groups is 1. The van der Waals surface area contributed by atoms with Crippen LogP contribution >= 0.6 is 0 Å². The summed E-state index contributed by atoms with van der Waals surface area (Å²) in [6.45, 7) is 2.37. The van der Waals surface area contributed by atoms with Crippen LogP contribution in [0.4, 0.5) is 0 Å². The molecule has 1 atom stereocenters. The molecule has 1 aromatic heterocycles. The minimum absolute atomic E-state index is 0.0942. The SMILES string of the molecule is CC(O)CCCn1nnc(C(=O)O)c1C1CCC1. The van der Waals surface area contributed by atoms with Gasteiger partial charge in [0.15, 0.2) is 5.69 Å². The molecule has 1 unspecified atom stereocenters. The molecule has 18 heavy (non-hydrogen) atoms. The molecule has 1 heterocycles. The van der Waals surface area contributed by atoms with E-state index in [1.807, 2.05) is 0 Å². The molecule has 6 heteroatoms. The monoisotopic (exact) mass is 253 g/mol. The zero-order valence-corrected chi connectivity index (χ0v) is 10.5. The molecule has 1 aliphatic carbocycles. The standard InChI is InChI=1S/C12H19N3O3/c1-8(16)4-3-7-15-11(9-5-2-6-9)10(12(17)18)13-14-15/h8-9,16H,2-7H2,1H3,(H,17,18). The van der Waals surface area contributed by atoms with E-state index >= 15 is 0 Å². The summed E-state index contributed by atoms with van der Waals surface area (Å²) in [6, 6.07) is 0. The van der Waals surface area contributed by atoms with Crippen molar-refractivity contribution in [3.05, 3.63) is 11.4 Å². The molecule has 0 saturated heterocycles. The van der Waals surface area contributed by atoms with E-state index in [0.717, 1.165) is 31.4 Å². The normalized spacial score (nSPS) is 17.4. The number of aryl methyl sites for hydroxylation is 1. The molecule has 0 amide bonds. The predicted octanol–water partition coefficient (Wildman–Crippen LogP) is 1.40. The molecule has 1 aliphatic rings. The minimum Gasteiger partial charge on any atom is -0.476 e. The summed E-state index contributed by atoms with van der Waals surface area (Å²) < 4.78 is 1.70. The first-order valence-electron chi connectivity index (χ1n) is 6.44. The summed E-state index contributed by atoms with van der Waals surface area (Å²) >= 11 is 0. The number of aromatic carboxylic acids is 1. The van der Waals surface area contributed by atoms with Crippen molar-refractivity contribution in [3.8, 4) is 0 Å². The van der Waals surface area contributed by atoms with Gasteiger partial charge in [-0.3, -0.25) is 0 Å². The summed E-state index contributed by atoms with van der Waals surface area (Å²) in [5, 5.41) is 26.0. The van der Waals surface area contributed by atoms with Crippen LogP contribution in [0.5, 0.6) is 0 Å². The largest absolute Gasteiger partial charge is 0.476 e. The van der Waals surface area contributed by atoms with Gasteiger partial charge >= 0.3 is 5.97 Å². The predicted molar refractivity (Wildman–Crippen MR) is 64.5 cm³/mol. The number of carboxylic acids is 1. The number of carboxylic acid groups (broad SMARTS) is 1. The molecule has 1 saturated carbocycles. The summed E-state index contributed by atoms with van der Waals surface area (Å²) in [4.78, 5) is 11.1. The van der Waals surface area contributed by atoms with E-state index in [9.17, 15) is 9.90 Å². The maximum absolute atomic E-state index is 11.1. The third-order valence-electron chi connectivity index (χ3n) is 3.46. The van der Waals surface area contributed by atoms with Gasteiger partial charge in [-0.05, 0) is 32.6 Å². The summed E-state index contributed by atoms with van der Waals surface area (Å²) in [5.74, 6) is -0.712. The van der Waals surface area contributed by atoms with Crippen molar-refractivity contribution >= 4 is 5.97 Å². The zero-order valence-electron chi connectivity index (χ0n) is 10.5. The van der Waals surface area contributed by atoms with E-state index < -0.39 is 5.97 Å². The smallest absolute Gasteiger partial charge is 0.358 e. The van der Waals surface area contributed by atoms with Crippen LogP contribution in [0.25, 0.3) is 0 Å². The lowest BCUT2D eigenvalue weighted by Crippen LogP contribution is -2.18. The van der Waals surface area contributed by atoms with Crippen molar-refractivity contribution in [2.24, 2.45) is 0 Å². The first-order chi connectivity index (χ1) is 8.59. The van der Waals surface area contributed by atoms with Crippen LogP contribution in [0.15, 0.2) is 0 Å². The Morgan fingerprint density at radius 3 is 2.78 bits per heavy atom. The quantitative estimate of drug-likeness (QED) is 0.800. The Kier molecular flexibility index (Phi) is 3.96. The Labute approximate surface area is 106 Å². The van der Waals surface area contributed by atoms with E-state index in [-0.39, 0.29) is 17.7 Å². The van der Waals surface area contributed by atoms with Gasteiger partial charge in [-0.1, -0.05) is 11.6 Å². The highest BCUT2D eigenvalue weighted by Crippen LogP contribution is 2.37. The van der Waals surface area contributed by atoms with E-state index in [1.54, 1.807) is 11.6 Å². The Morgan fingerprint density at radius 2 is 2.28 bits per heavy atom. The van der Waals surface area contributed by atoms with Crippen LogP contribution < -0.4 is 0 Å². The molecule has 6 nitrogen and oxygen atoms in total. The average Bonchev–Trinajstić information content (AvgIpc) is 2.59. The van der Waals surface area contributed by atoms with Crippen LogP contribution in [0.3, 0.4) is 0 Å². The molecule has 1 fully saturated rings. The first-order valence-corrected chi connectivity index (χ1v) is 6.44. The molecule has 0 aromatic carbocycles. The maximum atomic E-state index is 11.1. The Balaban J connectivity index is 2.11. The number of aromatic nitrogens is 3. The van der Waals surface area contributed by atoms with E-state index in [4.69, 9.17) is 5.11 Å². The first kappa shape index (κ1) is 13.0. The van der Waals surface area contributed by atoms with Crippen molar-refractivity contribution in [3.63, 3.8) is 0 Å². The highest BCUT2D eigenvalue weighted by molar-refractivity contribution is 5.86. The second kappa shape index (κ2) is 5.48. The third-order valence-corrected chi connectivity index (χ3v) is 3.46. The van der Waals surface area contributed by atoms with Gasteiger partial charge in [0.1, 0.15) is 0 Å². The molecule has 2 rings (SSSR count). The van der Waals surface area contributed by atoms with Gasteiger partial charge in [-0.25, -0.2) is 9.48 Å². The van der Waals surface area contributed by atoms with Gasteiger partial charge in [-0.2, -0.15) is 0 Å². The van der Waals surface area contributed by atoms with Crippen molar-refractivity contribution in [1.29, 1.82) is 0 Å². The zero-order chi connectivity index (χ0) is 13.1. The number of hydrogen-bond donors (Lipinski definition) is 2. The second-order valence-corrected chi connectivity index (χ2v) is 4.97. The lowest BCUT2D eigenvalue weighted by Gasteiger charge is -2.26. The number of rotatable bonds is 6. The van der Waals surface area contributed by atoms with Crippen LogP contribution in [-0.4, -0.2) is 37.3 Å². The lowest BCUT2D eigenvalue weighted by molar-refractivity contribution is 0.0687. The van der Waals surface area contributed by atoms with Crippen LogP contribution in [0, 0.1) is 0 Å². The van der Waals surface area contributed by atoms with Gasteiger partial charge in [0.05, 0.1) is 11.8 Å². The second-order valence-electron chi connectivity index (χ2n) is 4.97. The molecule has 0 radical (unpaired) electrons. The number of aliphatic hydroxyl groups excluding tert-OH is 1. The van der Waals surface area contributed by atoms with Crippen molar-refractivity contribution < 1.29 is 15.0 Å². The summed E-state index contributed by atoms with van der Waals surface area (Å²) in [6.07, 6.45) is 4.31. The fraction of sp³-hybridized carbons (Fsp3) is 0.750. The van der Waals surface area contributed by atoms with E-state index in [2.05, 4.69) is 10.3 Å². The molecule has 100 valence electrons. The summed E-state index contributed by atoms with van der Waals surface area (Å²) in [5.41, 5.74) is 0.857. The fourth-order valence-corrected chi connectivity index (χ4v) is 2.26. The maximum Gasteiger partial charge on any atom is 0.358 e. The lowest BCUT2D eigenvalue weighted by atomic mass is 9.82. The highest BCUT2D eigenvalue weighted by Gasteiger charge is 2.30. The van der Waals surface area contributed by atoms with Gasteiger partial charge in [0.25, 0.3) is 0 Å². The number of carbonyl (C=O) groups is 1. The van der Waals surface area contributed by atoms with Crippen molar-refractivity contribution in [1.82, 2.24) is 15.0 Å². The van der Waals surface area contributed by atoms with Gasteiger partial charge < -0.3 is 10.2 Å². The van der Waals surface area contributed by atoms with Crippen molar-refractivity contribution in [2.45, 2.75) is 57.6 Å². The highest BCUT2D eigenvalue weighted by atomic mass is 16.4. The molecule has 0 spiro atoms. The van der Waals surface area contributed by atoms with Gasteiger partial charge in [0, 0.05) is 12.5 Å². The van der Waals surface area contributed by atoms with Crippen LogP contribution in [0.1, 0.15) is 61.1 Å². The number of nitrogens with zero attached hydrogens (tertiary/aromatic N) is 3. The molecule has 1 aromatic rings. The van der Waals surface area contributed by atoms with Crippen LogP contribution in [-0.2, 0) is 6.54 Å². The number of hydrogen-bond acceptors (Lipinski definition) is 4. The molecule has 0 bridgehead atoms. The molecule has 2 N–H and O–H groups in total. The van der Waals surface area contributed by atoms with E-state index in [1.165, 1.54) is 0 Å². The minimum atomic E-state index is -1.00. The Morgan fingerprint density at radius 1 is 1.56 bits per heavy atom. The Hall–Kier alpha value is -1.43.